The molecule has 1 saturated carbocycles. The second-order valence-electron chi connectivity index (χ2n) is 4.59. The lowest BCUT2D eigenvalue weighted by molar-refractivity contribution is 0.00967. The summed E-state index contributed by atoms with van der Waals surface area (Å²) in [7, 11) is 0. The van der Waals surface area contributed by atoms with Crippen LogP contribution in [0.1, 0.15) is 39.5 Å². The summed E-state index contributed by atoms with van der Waals surface area (Å²) in [5.41, 5.74) is 5.77. The van der Waals surface area contributed by atoms with E-state index in [1.54, 1.807) is 0 Å². The van der Waals surface area contributed by atoms with Crippen molar-refractivity contribution >= 4 is 0 Å². The first-order valence-electron chi connectivity index (χ1n) is 4.96. The summed E-state index contributed by atoms with van der Waals surface area (Å²) in [6, 6.07) is 0. The average Bonchev–Trinajstić information content (AvgIpc) is 2.53. The fourth-order valence-corrected chi connectivity index (χ4v) is 1.46. The van der Waals surface area contributed by atoms with Crippen molar-refractivity contribution in [1.82, 2.24) is 0 Å². The van der Waals surface area contributed by atoms with Crippen LogP contribution in [0.15, 0.2) is 0 Å². The van der Waals surface area contributed by atoms with Gasteiger partial charge in [0.2, 0.25) is 0 Å². The highest BCUT2D eigenvalue weighted by Crippen LogP contribution is 2.23. The van der Waals surface area contributed by atoms with Crippen LogP contribution in [0.4, 0.5) is 0 Å². The molecule has 0 atom stereocenters. The minimum absolute atomic E-state index is 0.155. The molecule has 0 aromatic carbocycles. The van der Waals surface area contributed by atoms with Gasteiger partial charge in [0.1, 0.15) is 0 Å². The van der Waals surface area contributed by atoms with E-state index in [0.29, 0.717) is 12.6 Å². The minimum Gasteiger partial charge on any atom is -0.378 e. The van der Waals surface area contributed by atoms with E-state index in [1.807, 2.05) is 0 Å². The van der Waals surface area contributed by atoms with E-state index in [4.69, 9.17) is 10.5 Å². The third kappa shape index (κ3) is 3.11. The maximum Gasteiger partial charge on any atom is 0.0575 e. The molecule has 0 aliphatic heterocycles. The predicted molar refractivity (Wildman–Crippen MR) is 51.0 cm³/mol. The Hall–Kier alpha value is -0.0800. The van der Waals surface area contributed by atoms with Gasteiger partial charge in [-0.25, -0.2) is 0 Å². The van der Waals surface area contributed by atoms with E-state index in [-0.39, 0.29) is 5.41 Å². The molecular formula is C10H21NO. The zero-order valence-corrected chi connectivity index (χ0v) is 8.31. The van der Waals surface area contributed by atoms with Crippen LogP contribution in [0.2, 0.25) is 0 Å². The van der Waals surface area contributed by atoms with Crippen LogP contribution in [0.25, 0.3) is 0 Å². The Morgan fingerprint density at radius 1 is 1.33 bits per heavy atom. The van der Waals surface area contributed by atoms with Gasteiger partial charge in [0, 0.05) is 5.41 Å². The van der Waals surface area contributed by atoms with Crippen molar-refractivity contribution in [3.05, 3.63) is 0 Å². The van der Waals surface area contributed by atoms with Gasteiger partial charge in [-0.05, 0) is 19.4 Å². The topological polar surface area (TPSA) is 35.2 Å². The van der Waals surface area contributed by atoms with Gasteiger partial charge in [-0.1, -0.05) is 26.7 Å². The molecule has 1 rings (SSSR count). The molecule has 1 aliphatic rings. The van der Waals surface area contributed by atoms with Crippen LogP contribution >= 0.6 is 0 Å². The summed E-state index contributed by atoms with van der Waals surface area (Å²) < 4.78 is 5.78. The second-order valence-corrected chi connectivity index (χ2v) is 4.59. The second kappa shape index (κ2) is 4.24. The molecule has 0 bridgehead atoms. The first-order chi connectivity index (χ1) is 5.64. The molecule has 0 amide bonds. The van der Waals surface area contributed by atoms with Gasteiger partial charge in [-0.2, -0.15) is 0 Å². The quantitative estimate of drug-likeness (QED) is 0.701. The largest absolute Gasteiger partial charge is 0.378 e. The lowest BCUT2D eigenvalue weighted by Gasteiger charge is -2.24. The van der Waals surface area contributed by atoms with Crippen LogP contribution < -0.4 is 5.73 Å². The Morgan fingerprint density at radius 3 is 2.42 bits per heavy atom. The minimum atomic E-state index is 0.155. The standard InChI is InChI=1S/C10H21NO/c1-10(2,7-11)8-12-9-5-3-4-6-9/h9H,3-8,11H2,1-2H3. The first kappa shape index (κ1) is 10.0. The van der Waals surface area contributed by atoms with E-state index in [2.05, 4.69) is 13.8 Å². The molecule has 0 aromatic heterocycles. The summed E-state index contributed by atoms with van der Waals surface area (Å²) in [5.74, 6) is 0. The third-order valence-corrected chi connectivity index (χ3v) is 2.56. The fourth-order valence-electron chi connectivity index (χ4n) is 1.46. The molecule has 72 valence electrons. The summed E-state index contributed by atoms with van der Waals surface area (Å²) in [6.07, 6.45) is 5.71. The molecule has 2 N–H and O–H groups in total. The van der Waals surface area contributed by atoms with Gasteiger partial charge < -0.3 is 10.5 Å². The third-order valence-electron chi connectivity index (χ3n) is 2.56. The summed E-state index contributed by atoms with van der Waals surface area (Å²) in [4.78, 5) is 0. The number of nitrogens with two attached hydrogens (primary N) is 1. The van der Waals surface area contributed by atoms with Crippen molar-refractivity contribution in [3.8, 4) is 0 Å². The summed E-state index contributed by atoms with van der Waals surface area (Å²) >= 11 is 0. The van der Waals surface area contributed by atoms with Gasteiger partial charge in [0.15, 0.2) is 0 Å². The molecule has 0 unspecified atom stereocenters. The zero-order valence-electron chi connectivity index (χ0n) is 8.31. The SMILES string of the molecule is CC(C)(CN)COC1CCCC1. The van der Waals surface area contributed by atoms with E-state index in [0.717, 1.165) is 6.61 Å². The van der Waals surface area contributed by atoms with E-state index in [1.165, 1.54) is 25.7 Å². The average molecular weight is 171 g/mol. The molecule has 0 saturated heterocycles. The predicted octanol–water partition coefficient (Wildman–Crippen LogP) is 1.93. The maximum absolute atomic E-state index is 5.78. The van der Waals surface area contributed by atoms with Gasteiger partial charge >= 0.3 is 0 Å². The van der Waals surface area contributed by atoms with Crippen molar-refractivity contribution in [2.75, 3.05) is 13.2 Å². The lowest BCUT2D eigenvalue weighted by atomic mass is 9.95. The summed E-state index contributed by atoms with van der Waals surface area (Å²) in [6.45, 7) is 5.83. The Morgan fingerprint density at radius 2 is 1.92 bits per heavy atom. The van der Waals surface area contributed by atoms with E-state index >= 15 is 0 Å². The van der Waals surface area contributed by atoms with Gasteiger partial charge in [-0.3, -0.25) is 0 Å². The Balaban J connectivity index is 2.15. The first-order valence-corrected chi connectivity index (χ1v) is 4.96. The Labute approximate surface area is 75.5 Å². The zero-order chi connectivity index (χ0) is 9.03. The van der Waals surface area contributed by atoms with Crippen molar-refractivity contribution in [2.45, 2.75) is 45.6 Å². The van der Waals surface area contributed by atoms with Gasteiger partial charge in [0.25, 0.3) is 0 Å². The Bertz CT molecular complexity index is 128. The number of rotatable bonds is 4. The van der Waals surface area contributed by atoms with E-state index < -0.39 is 0 Å². The van der Waals surface area contributed by atoms with Crippen LogP contribution in [0.3, 0.4) is 0 Å². The lowest BCUT2D eigenvalue weighted by Crippen LogP contribution is -2.30. The molecule has 2 heteroatoms. The molecule has 2 nitrogen and oxygen atoms in total. The van der Waals surface area contributed by atoms with E-state index in [9.17, 15) is 0 Å². The highest BCUT2D eigenvalue weighted by Gasteiger charge is 2.21. The number of ether oxygens (including phenoxy) is 1. The van der Waals surface area contributed by atoms with Crippen molar-refractivity contribution in [2.24, 2.45) is 11.1 Å². The molecule has 0 radical (unpaired) electrons. The summed E-state index contributed by atoms with van der Waals surface area (Å²) in [5, 5.41) is 0. The Kier molecular flexibility index (Phi) is 3.53. The van der Waals surface area contributed by atoms with Gasteiger partial charge in [0.05, 0.1) is 12.7 Å². The highest BCUT2D eigenvalue weighted by molar-refractivity contribution is 4.72. The molecule has 0 heterocycles. The highest BCUT2D eigenvalue weighted by atomic mass is 16.5. The smallest absolute Gasteiger partial charge is 0.0575 e. The van der Waals surface area contributed by atoms with Crippen molar-refractivity contribution in [1.29, 1.82) is 0 Å². The fraction of sp³-hybridized carbons (Fsp3) is 1.00. The molecule has 0 aromatic rings. The van der Waals surface area contributed by atoms with Crippen LogP contribution in [-0.2, 0) is 4.74 Å². The van der Waals surface area contributed by atoms with Crippen molar-refractivity contribution < 1.29 is 4.74 Å². The molecule has 1 aliphatic carbocycles. The molecule has 0 spiro atoms. The normalized spacial score (nSPS) is 20.2. The van der Waals surface area contributed by atoms with Crippen LogP contribution in [-0.4, -0.2) is 19.3 Å². The number of hydrogen-bond donors (Lipinski definition) is 1. The molecule has 1 fully saturated rings. The van der Waals surface area contributed by atoms with Crippen LogP contribution in [0, 0.1) is 5.41 Å². The van der Waals surface area contributed by atoms with Crippen LogP contribution in [0.5, 0.6) is 0 Å². The monoisotopic (exact) mass is 171 g/mol. The van der Waals surface area contributed by atoms with Crippen molar-refractivity contribution in [3.63, 3.8) is 0 Å². The van der Waals surface area contributed by atoms with Gasteiger partial charge in [-0.15, -0.1) is 0 Å². The molecular weight excluding hydrogens is 150 g/mol. The molecule has 12 heavy (non-hydrogen) atoms. The maximum atomic E-state index is 5.78. The number of hydrogen-bond acceptors (Lipinski definition) is 2.